The van der Waals surface area contributed by atoms with Crippen molar-refractivity contribution >= 4 is 5.82 Å². The third-order valence-electron chi connectivity index (χ3n) is 4.15. The van der Waals surface area contributed by atoms with Crippen LogP contribution in [0.3, 0.4) is 0 Å². The summed E-state index contributed by atoms with van der Waals surface area (Å²) in [7, 11) is 0. The van der Waals surface area contributed by atoms with Gasteiger partial charge in [0.1, 0.15) is 11.6 Å². The molecular formula is C17H26N4. The highest BCUT2D eigenvalue weighted by molar-refractivity contribution is 5.59. The smallest absolute Gasteiger partial charge is 0.169 e. The van der Waals surface area contributed by atoms with E-state index in [0.29, 0.717) is 12.0 Å². The molecule has 2 rings (SSSR count). The van der Waals surface area contributed by atoms with Crippen LogP contribution in [-0.2, 0) is 12.8 Å². The molecule has 1 fully saturated rings. The minimum atomic E-state index is 0.558. The molecule has 0 spiro atoms. The van der Waals surface area contributed by atoms with Crippen molar-refractivity contribution in [3.63, 3.8) is 0 Å². The highest BCUT2D eigenvalue weighted by Gasteiger charge is 2.32. The molecule has 1 aromatic rings. The Balaban J connectivity index is 2.38. The number of hydrogen-bond acceptors (Lipinski definition) is 4. The Hall–Kier alpha value is -1.63. The first-order chi connectivity index (χ1) is 10.1. The lowest BCUT2D eigenvalue weighted by Crippen LogP contribution is -2.30. The molecule has 1 heterocycles. The number of hydrogen-bond donors (Lipinski definition) is 0. The average Bonchev–Trinajstić information content (AvgIpc) is 3.30. The summed E-state index contributed by atoms with van der Waals surface area (Å²) in [6.45, 7) is 9.61. The molecule has 0 saturated heterocycles. The summed E-state index contributed by atoms with van der Waals surface area (Å²) in [5.41, 5.74) is 2.80. The van der Waals surface area contributed by atoms with Gasteiger partial charge >= 0.3 is 0 Å². The Morgan fingerprint density at radius 2 is 1.95 bits per heavy atom. The van der Waals surface area contributed by atoms with Gasteiger partial charge in [-0.25, -0.2) is 0 Å². The first kappa shape index (κ1) is 15.8. The molecule has 1 aliphatic carbocycles. The van der Waals surface area contributed by atoms with Crippen molar-refractivity contribution in [3.05, 3.63) is 16.8 Å². The van der Waals surface area contributed by atoms with E-state index in [1.165, 1.54) is 12.8 Å². The number of nitriles is 1. The Morgan fingerprint density at radius 3 is 2.43 bits per heavy atom. The predicted octanol–water partition coefficient (Wildman–Crippen LogP) is 3.49. The summed E-state index contributed by atoms with van der Waals surface area (Å²) in [6.07, 6.45) is 5.22. The van der Waals surface area contributed by atoms with Gasteiger partial charge in [0.2, 0.25) is 0 Å². The minimum absolute atomic E-state index is 0.558. The van der Waals surface area contributed by atoms with Crippen LogP contribution in [0.2, 0.25) is 0 Å². The summed E-state index contributed by atoms with van der Waals surface area (Å²) in [6, 6.07) is 2.95. The fourth-order valence-corrected chi connectivity index (χ4v) is 2.73. The van der Waals surface area contributed by atoms with E-state index in [1.54, 1.807) is 0 Å². The van der Waals surface area contributed by atoms with Gasteiger partial charge in [-0.15, -0.1) is 5.10 Å². The fraction of sp³-hybridized carbons (Fsp3) is 0.706. The SMILES string of the molecule is CCc1nnc(N(CCC(C)C)C2CC2)c(C#N)c1CC. The zero-order chi connectivity index (χ0) is 15.4. The molecule has 0 bridgehead atoms. The van der Waals surface area contributed by atoms with Gasteiger partial charge in [0, 0.05) is 12.6 Å². The molecular weight excluding hydrogens is 260 g/mol. The van der Waals surface area contributed by atoms with Crippen LogP contribution in [0.25, 0.3) is 0 Å². The van der Waals surface area contributed by atoms with E-state index in [1.807, 2.05) is 0 Å². The van der Waals surface area contributed by atoms with Gasteiger partial charge < -0.3 is 4.90 Å². The second-order valence-electron chi connectivity index (χ2n) is 6.25. The molecule has 0 aliphatic heterocycles. The van der Waals surface area contributed by atoms with E-state index in [9.17, 15) is 5.26 Å². The Kier molecular flexibility index (Phi) is 5.17. The molecule has 1 saturated carbocycles. The van der Waals surface area contributed by atoms with Gasteiger partial charge in [-0.2, -0.15) is 10.4 Å². The second kappa shape index (κ2) is 6.89. The number of rotatable bonds is 7. The summed E-state index contributed by atoms with van der Waals surface area (Å²) in [5, 5.41) is 18.4. The van der Waals surface area contributed by atoms with Crippen LogP contribution >= 0.6 is 0 Å². The predicted molar refractivity (Wildman–Crippen MR) is 85.3 cm³/mol. The van der Waals surface area contributed by atoms with Crippen LogP contribution in [0.15, 0.2) is 0 Å². The van der Waals surface area contributed by atoms with E-state index in [2.05, 4.69) is 48.9 Å². The molecule has 0 amide bonds. The maximum absolute atomic E-state index is 9.63. The van der Waals surface area contributed by atoms with Gasteiger partial charge in [-0.3, -0.25) is 0 Å². The first-order valence-electron chi connectivity index (χ1n) is 8.17. The third kappa shape index (κ3) is 3.53. The molecule has 0 N–H and O–H groups in total. The first-order valence-corrected chi connectivity index (χ1v) is 8.17. The van der Waals surface area contributed by atoms with Crippen LogP contribution in [0.5, 0.6) is 0 Å². The zero-order valence-corrected chi connectivity index (χ0v) is 13.7. The lowest BCUT2D eigenvalue weighted by Gasteiger charge is -2.26. The van der Waals surface area contributed by atoms with Crippen molar-refractivity contribution in [2.75, 3.05) is 11.4 Å². The topological polar surface area (TPSA) is 52.8 Å². The molecule has 21 heavy (non-hydrogen) atoms. The van der Waals surface area contributed by atoms with E-state index in [0.717, 1.165) is 48.4 Å². The molecule has 114 valence electrons. The van der Waals surface area contributed by atoms with E-state index in [4.69, 9.17) is 0 Å². The number of nitrogens with zero attached hydrogens (tertiary/aromatic N) is 4. The molecule has 1 aliphatic rings. The van der Waals surface area contributed by atoms with Crippen molar-refractivity contribution in [2.24, 2.45) is 5.92 Å². The highest BCUT2D eigenvalue weighted by Crippen LogP contribution is 2.34. The molecule has 0 unspecified atom stereocenters. The quantitative estimate of drug-likeness (QED) is 0.770. The third-order valence-corrected chi connectivity index (χ3v) is 4.15. The molecule has 0 radical (unpaired) electrons. The van der Waals surface area contributed by atoms with Crippen LogP contribution < -0.4 is 4.90 Å². The van der Waals surface area contributed by atoms with E-state index in [-0.39, 0.29) is 0 Å². The summed E-state index contributed by atoms with van der Waals surface area (Å²) in [4.78, 5) is 2.32. The largest absolute Gasteiger partial charge is 0.351 e. The van der Waals surface area contributed by atoms with Crippen LogP contribution in [0.1, 0.15) is 63.8 Å². The molecule has 1 aromatic heterocycles. The van der Waals surface area contributed by atoms with E-state index >= 15 is 0 Å². The van der Waals surface area contributed by atoms with Crippen LogP contribution in [0, 0.1) is 17.2 Å². The monoisotopic (exact) mass is 286 g/mol. The van der Waals surface area contributed by atoms with Crippen molar-refractivity contribution in [1.29, 1.82) is 5.26 Å². The molecule has 0 atom stereocenters. The summed E-state index contributed by atoms with van der Waals surface area (Å²) in [5.74, 6) is 1.47. The van der Waals surface area contributed by atoms with Gasteiger partial charge in [-0.05, 0) is 43.6 Å². The Morgan fingerprint density at radius 1 is 1.24 bits per heavy atom. The van der Waals surface area contributed by atoms with Crippen molar-refractivity contribution < 1.29 is 0 Å². The lowest BCUT2D eigenvalue weighted by molar-refractivity contribution is 0.566. The highest BCUT2D eigenvalue weighted by atomic mass is 15.3. The maximum atomic E-state index is 9.63. The van der Waals surface area contributed by atoms with Crippen molar-refractivity contribution in [3.8, 4) is 6.07 Å². The second-order valence-corrected chi connectivity index (χ2v) is 6.25. The minimum Gasteiger partial charge on any atom is -0.351 e. The fourth-order valence-electron chi connectivity index (χ4n) is 2.73. The lowest BCUT2D eigenvalue weighted by atomic mass is 10.0. The van der Waals surface area contributed by atoms with Gasteiger partial charge in [0.15, 0.2) is 5.82 Å². The Labute approximate surface area is 128 Å². The average molecular weight is 286 g/mol. The van der Waals surface area contributed by atoms with Crippen molar-refractivity contribution in [2.45, 2.75) is 65.8 Å². The number of anilines is 1. The molecule has 0 aromatic carbocycles. The van der Waals surface area contributed by atoms with Gasteiger partial charge in [-0.1, -0.05) is 27.7 Å². The van der Waals surface area contributed by atoms with Crippen molar-refractivity contribution in [1.82, 2.24) is 10.2 Å². The van der Waals surface area contributed by atoms with Gasteiger partial charge in [0.25, 0.3) is 0 Å². The summed E-state index contributed by atoms with van der Waals surface area (Å²) >= 11 is 0. The van der Waals surface area contributed by atoms with E-state index < -0.39 is 0 Å². The van der Waals surface area contributed by atoms with Crippen LogP contribution in [-0.4, -0.2) is 22.8 Å². The number of aryl methyl sites for hydroxylation is 1. The zero-order valence-electron chi connectivity index (χ0n) is 13.7. The van der Waals surface area contributed by atoms with Gasteiger partial charge in [0.05, 0.1) is 5.69 Å². The molecule has 4 heteroatoms. The standard InChI is InChI=1S/C17H26N4/c1-5-14-15(11-18)17(20-19-16(14)6-2)21(13-7-8-13)10-9-12(3)4/h12-13H,5-10H2,1-4H3. The van der Waals surface area contributed by atoms with Crippen LogP contribution in [0.4, 0.5) is 5.82 Å². The number of aromatic nitrogens is 2. The molecule has 4 nitrogen and oxygen atoms in total. The normalized spacial score (nSPS) is 14.3. The maximum Gasteiger partial charge on any atom is 0.169 e. The Bertz CT molecular complexity index is 526. The summed E-state index contributed by atoms with van der Waals surface area (Å²) < 4.78 is 0.